The average molecular weight is 278 g/mol. The maximum absolute atomic E-state index is 12.5. The molecule has 0 atom stereocenters. The predicted octanol–water partition coefficient (Wildman–Crippen LogP) is 2.82. The minimum absolute atomic E-state index is 0.0447. The molecule has 0 radical (unpaired) electrons. The highest BCUT2D eigenvalue weighted by Crippen LogP contribution is 2.28. The molecule has 0 N–H and O–H groups in total. The quantitative estimate of drug-likeness (QED) is 0.778. The van der Waals surface area contributed by atoms with Crippen molar-refractivity contribution in [2.24, 2.45) is 0 Å². The van der Waals surface area contributed by atoms with Gasteiger partial charge in [0, 0.05) is 23.8 Å². The van der Waals surface area contributed by atoms with E-state index in [4.69, 9.17) is 16.9 Å². The zero-order valence-corrected chi connectivity index (χ0v) is 11.7. The minimum Gasteiger partial charge on any atom is -0.335 e. The molecule has 1 aromatic heterocycles. The molecular weight excluding hydrogens is 262 g/mol. The van der Waals surface area contributed by atoms with Crippen molar-refractivity contribution in [2.75, 3.05) is 6.54 Å². The van der Waals surface area contributed by atoms with Crippen molar-refractivity contribution >= 4 is 17.5 Å². The molecule has 0 bridgehead atoms. The highest BCUT2D eigenvalue weighted by Gasteiger charge is 2.32. The van der Waals surface area contributed by atoms with Crippen LogP contribution in [0.4, 0.5) is 0 Å². The molecule has 100 valence electrons. The second-order valence-corrected chi connectivity index (χ2v) is 5.05. The molecular formula is C14H16ClN3O. The summed E-state index contributed by atoms with van der Waals surface area (Å²) in [4.78, 5) is 18.4. The Hall–Kier alpha value is -1.60. The topological polar surface area (TPSA) is 57.0 Å². The highest BCUT2D eigenvalue weighted by molar-refractivity contribution is 6.29. The average Bonchev–Trinajstić information content (AvgIpc) is 3.22. The van der Waals surface area contributed by atoms with Gasteiger partial charge in [-0.05, 0) is 31.4 Å². The fourth-order valence-corrected chi connectivity index (χ4v) is 2.25. The summed E-state index contributed by atoms with van der Waals surface area (Å²) in [6.45, 7) is 2.46. The third-order valence-corrected chi connectivity index (χ3v) is 3.36. The molecule has 0 saturated heterocycles. The first-order valence-corrected chi connectivity index (χ1v) is 6.88. The van der Waals surface area contributed by atoms with Gasteiger partial charge in [-0.25, -0.2) is 4.98 Å². The molecule has 4 nitrogen and oxygen atoms in total. The number of carbonyl (C=O) groups excluding carboxylic acids is 1. The first kappa shape index (κ1) is 13.8. The Balaban J connectivity index is 2.21. The number of nitrogens with zero attached hydrogens (tertiary/aromatic N) is 3. The summed E-state index contributed by atoms with van der Waals surface area (Å²) in [7, 11) is 0. The van der Waals surface area contributed by atoms with Gasteiger partial charge in [-0.15, -0.1) is 0 Å². The lowest BCUT2D eigenvalue weighted by molar-refractivity contribution is 0.0746. The Kier molecular flexibility index (Phi) is 4.39. The van der Waals surface area contributed by atoms with E-state index in [0.717, 1.165) is 25.0 Å². The molecule has 0 aliphatic heterocycles. The fourth-order valence-electron chi connectivity index (χ4n) is 2.03. The van der Waals surface area contributed by atoms with Crippen LogP contribution in [0.1, 0.15) is 42.2 Å². The largest absolute Gasteiger partial charge is 0.335 e. The molecule has 0 spiro atoms. The van der Waals surface area contributed by atoms with Crippen LogP contribution >= 0.6 is 11.6 Å². The van der Waals surface area contributed by atoms with Crippen LogP contribution in [0.5, 0.6) is 0 Å². The van der Waals surface area contributed by atoms with E-state index in [9.17, 15) is 4.79 Å². The summed E-state index contributed by atoms with van der Waals surface area (Å²) in [5, 5.41) is 9.02. The van der Waals surface area contributed by atoms with Crippen molar-refractivity contribution in [1.82, 2.24) is 9.88 Å². The van der Waals surface area contributed by atoms with E-state index < -0.39 is 0 Å². The molecule has 2 rings (SSSR count). The lowest BCUT2D eigenvalue weighted by atomic mass is 10.1. The fraction of sp³-hybridized carbons (Fsp3) is 0.500. The molecule has 0 unspecified atom stereocenters. The summed E-state index contributed by atoms with van der Waals surface area (Å²) in [5.74, 6) is -0.0447. The summed E-state index contributed by atoms with van der Waals surface area (Å²) in [6.07, 6.45) is 3.15. The molecule has 1 amide bonds. The van der Waals surface area contributed by atoms with Crippen molar-refractivity contribution in [3.8, 4) is 6.07 Å². The van der Waals surface area contributed by atoms with E-state index in [-0.39, 0.29) is 11.9 Å². The van der Waals surface area contributed by atoms with Gasteiger partial charge in [-0.2, -0.15) is 5.26 Å². The molecule has 0 aromatic carbocycles. The summed E-state index contributed by atoms with van der Waals surface area (Å²) >= 11 is 5.94. The lowest BCUT2D eigenvalue weighted by Crippen LogP contribution is -2.34. The number of amides is 1. The third kappa shape index (κ3) is 3.45. The Morgan fingerprint density at radius 3 is 2.89 bits per heavy atom. The Morgan fingerprint density at radius 1 is 1.58 bits per heavy atom. The number of aromatic nitrogens is 1. The van der Waals surface area contributed by atoms with E-state index in [1.54, 1.807) is 17.0 Å². The standard InChI is InChI=1S/C14H16ClN3O/c1-2-11-8-10(9-13(15)17-11)14(19)18(7-3-6-16)12-4-5-12/h8-9,12H,2-5,7H2,1H3. The van der Waals surface area contributed by atoms with Crippen molar-refractivity contribution in [2.45, 2.75) is 38.6 Å². The number of halogens is 1. The van der Waals surface area contributed by atoms with Crippen LogP contribution in [0.25, 0.3) is 0 Å². The van der Waals surface area contributed by atoms with E-state index in [2.05, 4.69) is 11.1 Å². The first-order chi connectivity index (χ1) is 9.15. The minimum atomic E-state index is -0.0447. The van der Waals surface area contributed by atoms with Crippen LogP contribution in [0, 0.1) is 11.3 Å². The molecule has 1 aliphatic carbocycles. The van der Waals surface area contributed by atoms with E-state index in [0.29, 0.717) is 23.7 Å². The number of pyridine rings is 1. The van der Waals surface area contributed by atoms with Crippen molar-refractivity contribution in [1.29, 1.82) is 5.26 Å². The van der Waals surface area contributed by atoms with E-state index in [1.165, 1.54) is 0 Å². The highest BCUT2D eigenvalue weighted by atomic mass is 35.5. The lowest BCUT2D eigenvalue weighted by Gasteiger charge is -2.21. The van der Waals surface area contributed by atoms with Gasteiger partial charge >= 0.3 is 0 Å². The zero-order valence-electron chi connectivity index (χ0n) is 10.9. The SMILES string of the molecule is CCc1cc(C(=O)N(CCC#N)C2CC2)cc(Cl)n1. The van der Waals surface area contributed by atoms with Crippen LogP contribution in [0.2, 0.25) is 5.15 Å². The normalized spacial score (nSPS) is 13.9. The van der Waals surface area contributed by atoms with Crippen LogP contribution in [0.15, 0.2) is 12.1 Å². The van der Waals surface area contributed by atoms with Crippen molar-refractivity contribution < 1.29 is 4.79 Å². The van der Waals surface area contributed by atoms with Gasteiger partial charge in [0.1, 0.15) is 5.15 Å². The Bertz CT molecular complexity index is 520. The molecule has 19 heavy (non-hydrogen) atoms. The molecule has 1 aromatic rings. The van der Waals surface area contributed by atoms with Crippen molar-refractivity contribution in [3.05, 3.63) is 28.5 Å². The number of carbonyl (C=O) groups is 1. The van der Waals surface area contributed by atoms with Gasteiger partial charge in [-0.1, -0.05) is 18.5 Å². The van der Waals surface area contributed by atoms with E-state index >= 15 is 0 Å². The van der Waals surface area contributed by atoms with Gasteiger partial charge in [0.05, 0.1) is 12.5 Å². The number of hydrogen-bond donors (Lipinski definition) is 0. The molecule has 1 heterocycles. The van der Waals surface area contributed by atoms with Gasteiger partial charge in [0.25, 0.3) is 5.91 Å². The van der Waals surface area contributed by atoms with Gasteiger partial charge in [0.15, 0.2) is 0 Å². The number of hydrogen-bond acceptors (Lipinski definition) is 3. The van der Waals surface area contributed by atoms with Crippen LogP contribution in [0.3, 0.4) is 0 Å². The zero-order chi connectivity index (χ0) is 13.8. The maximum Gasteiger partial charge on any atom is 0.254 e. The number of rotatable bonds is 5. The molecule has 5 heteroatoms. The van der Waals surface area contributed by atoms with Crippen LogP contribution in [-0.4, -0.2) is 28.4 Å². The van der Waals surface area contributed by atoms with Gasteiger partial charge in [-0.3, -0.25) is 4.79 Å². The number of nitriles is 1. The third-order valence-electron chi connectivity index (χ3n) is 3.17. The van der Waals surface area contributed by atoms with E-state index in [1.807, 2.05) is 6.92 Å². The predicted molar refractivity (Wildman–Crippen MR) is 72.9 cm³/mol. The summed E-state index contributed by atoms with van der Waals surface area (Å²) < 4.78 is 0. The smallest absolute Gasteiger partial charge is 0.254 e. The molecule has 1 fully saturated rings. The molecule has 1 aliphatic rings. The van der Waals surface area contributed by atoms with Crippen LogP contribution in [-0.2, 0) is 6.42 Å². The number of aryl methyl sites for hydroxylation is 1. The first-order valence-electron chi connectivity index (χ1n) is 6.50. The monoisotopic (exact) mass is 277 g/mol. The van der Waals surface area contributed by atoms with Gasteiger partial charge < -0.3 is 4.90 Å². The second-order valence-electron chi connectivity index (χ2n) is 4.66. The Labute approximate surface area is 118 Å². The molecule has 1 saturated carbocycles. The summed E-state index contributed by atoms with van der Waals surface area (Å²) in [6, 6.07) is 5.77. The second kappa shape index (κ2) is 6.03. The summed E-state index contributed by atoms with van der Waals surface area (Å²) in [5.41, 5.74) is 1.38. The Morgan fingerprint density at radius 2 is 2.32 bits per heavy atom. The van der Waals surface area contributed by atoms with Crippen LogP contribution < -0.4 is 0 Å². The van der Waals surface area contributed by atoms with Gasteiger partial charge in [0.2, 0.25) is 0 Å². The van der Waals surface area contributed by atoms with Crippen molar-refractivity contribution in [3.63, 3.8) is 0 Å². The maximum atomic E-state index is 12.5.